The van der Waals surface area contributed by atoms with Gasteiger partial charge in [-0.15, -0.1) is 0 Å². The smallest absolute Gasteiger partial charge is 0.231 e. The normalized spacial score (nSPS) is 6.54. The van der Waals surface area contributed by atoms with E-state index in [-0.39, 0.29) is 29.5 Å². The molecule has 0 heterocycles. The molecule has 0 aromatic heterocycles. The van der Waals surface area contributed by atoms with Gasteiger partial charge in [0.2, 0.25) is 6.34 Å². The fourth-order valence-corrected chi connectivity index (χ4v) is 0.890. The Hall–Kier alpha value is -1.33. The lowest BCUT2D eigenvalue weighted by atomic mass is 10.3. The molecule has 0 aromatic carbocycles. The molecule has 5 nitrogen and oxygen atoms in total. The van der Waals surface area contributed by atoms with Gasteiger partial charge in [0.15, 0.2) is 0 Å². The molecule has 9 radical (unpaired) electrons. The van der Waals surface area contributed by atoms with E-state index in [9.17, 15) is 0 Å². The van der Waals surface area contributed by atoms with Crippen molar-refractivity contribution in [1.29, 1.82) is 0 Å². The fourth-order valence-electron chi connectivity index (χ4n) is 0.890. The molecular weight excluding hydrogens is 475 g/mol. The summed E-state index contributed by atoms with van der Waals surface area (Å²) < 4.78 is 1.99. The van der Waals surface area contributed by atoms with Crippen LogP contribution in [0.3, 0.4) is 0 Å². The van der Waals surface area contributed by atoms with Crippen molar-refractivity contribution < 1.29 is 8.86 Å². The maximum atomic E-state index is 3.99. The van der Waals surface area contributed by atoms with Crippen LogP contribution in [-0.2, 0) is 0 Å². The summed E-state index contributed by atoms with van der Waals surface area (Å²) in [5.41, 5.74) is 5.32. The summed E-state index contributed by atoms with van der Waals surface area (Å²) in [6.07, 6.45) is 3.98. The number of rotatable bonds is 6. The first kappa shape index (κ1) is 76.9. The lowest BCUT2D eigenvalue weighted by molar-refractivity contribution is -0.461. The molecule has 0 bridgehead atoms. The Morgan fingerprint density at radius 3 is 0.923 bits per heavy atom. The van der Waals surface area contributed by atoms with E-state index in [0.29, 0.717) is 18.1 Å². The molecule has 0 saturated heterocycles. The van der Waals surface area contributed by atoms with Crippen molar-refractivity contribution in [1.82, 2.24) is 16.1 Å². The van der Waals surface area contributed by atoms with Crippen LogP contribution in [0.25, 0.3) is 0 Å². The Bertz CT molecular complexity index is 331. The highest BCUT2D eigenvalue weighted by molar-refractivity contribution is 5.78. The van der Waals surface area contributed by atoms with Crippen LogP contribution in [0, 0.1) is 0 Å². The molecule has 0 rings (SSSR count). The monoisotopic (exact) mass is 565 g/mol. The molecule has 0 fully saturated rings. The lowest BCUT2D eigenvalue weighted by Gasteiger charge is -2.02. The molecule has 0 aliphatic rings. The van der Waals surface area contributed by atoms with Crippen molar-refractivity contribution >= 4 is 37.3 Å². The van der Waals surface area contributed by atoms with Crippen molar-refractivity contribution in [3.05, 3.63) is 11.8 Å². The number of nitrogens with one attached hydrogen (secondary N) is 3. The molecule has 0 atom stereocenters. The number of hydrazone groups is 1. The van der Waals surface area contributed by atoms with Crippen LogP contribution in [0.5, 0.6) is 0 Å². The van der Waals surface area contributed by atoms with Gasteiger partial charge in [-0.1, -0.05) is 88.7 Å². The second kappa shape index (κ2) is 90.8. The lowest BCUT2D eigenvalue weighted by Crippen LogP contribution is -2.24. The Labute approximate surface area is 263 Å². The first-order valence-electron chi connectivity index (χ1n) is 14.8. The molecular formula is C31H86B3N5+. The zero-order valence-electron chi connectivity index (χ0n) is 32.0. The minimum atomic E-state index is 0. The average molecular weight is 565 g/mol. The van der Waals surface area contributed by atoms with Crippen LogP contribution >= 0.6 is 0 Å². The van der Waals surface area contributed by atoms with Gasteiger partial charge in [-0.3, -0.25) is 9.89 Å². The Kier molecular flexibility index (Phi) is 179. The molecule has 243 valence electrons. The van der Waals surface area contributed by atoms with Crippen molar-refractivity contribution in [3.8, 4) is 0 Å². The molecule has 0 unspecified atom stereocenters. The summed E-state index contributed by atoms with van der Waals surface area (Å²) in [4.78, 5) is 0. The van der Waals surface area contributed by atoms with Crippen LogP contribution in [0.2, 0.25) is 0 Å². The topological polar surface area (TPSA) is 51.5 Å². The fraction of sp³-hybridized carbons (Fsp3) is 0.871. The van der Waals surface area contributed by atoms with Gasteiger partial charge in [0.25, 0.3) is 0 Å². The maximum absolute atomic E-state index is 3.99. The van der Waals surface area contributed by atoms with Crippen LogP contribution in [0.1, 0.15) is 157 Å². The van der Waals surface area contributed by atoms with Crippen molar-refractivity contribution in [3.63, 3.8) is 0 Å². The summed E-state index contributed by atoms with van der Waals surface area (Å²) in [5.74, 6) is 0. The third-order valence-corrected chi connectivity index (χ3v) is 1.92. The molecule has 0 aliphatic carbocycles. The van der Waals surface area contributed by atoms with E-state index in [4.69, 9.17) is 0 Å². The second-order valence-corrected chi connectivity index (χ2v) is 7.30. The zero-order chi connectivity index (χ0) is 31.7. The molecule has 3 N–H and O–H groups in total. The van der Waals surface area contributed by atoms with Crippen LogP contribution in [-0.4, -0.2) is 74.1 Å². The van der Waals surface area contributed by atoms with Gasteiger partial charge in [0, 0.05) is 47.3 Å². The van der Waals surface area contributed by atoms with Crippen molar-refractivity contribution in [2.24, 2.45) is 5.10 Å². The molecule has 0 saturated carbocycles. The van der Waals surface area contributed by atoms with E-state index in [1.165, 1.54) is 5.57 Å². The van der Waals surface area contributed by atoms with Crippen LogP contribution < -0.4 is 16.1 Å². The SMILES string of the molecule is CC.CC.CC.CC.CC.CC.CC(C)=CNC(C)C.CC(C)=NNC(C)C.CC(C)NC=[N+](C)C.[2HH].[2HH].[2HH].[B].[B].[B]. The first-order valence-corrected chi connectivity index (χ1v) is 14.8. The summed E-state index contributed by atoms with van der Waals surface area (Å²) >= 11 is 0. The Morgan fingerprint density at radius 2 is 0.846 bits per heavy atom. The van der Waals surface area contributed by atoms with Crippen molar-refractivity contribution in [2.75, 3.05) is 14.1 Å². The molecule has 8 heteroatoms. The van der Waals surface area contributed by atoms with Gasteiger partial charge < -0.3 is 10.7 Å². The van der Waals surface area contributed by atoms with Gasteiger partial charge in [0.05, 0.1) is 20.1 Å². The third-order valence-electron chi connectivity index (χ3n) is 1.92. The van der Waals surface area contributed by atoms with Gasteiger partial charge >= 0.3 is 0 Å². The summed E-state index contributed by atoms with van der Waals surface area (Å²) in [7, 11) is 3.99. The van der Waals surface area contributed by atoms with E-state index in [1.54, 1.807) is 0 Å². The Morgan fingerprint density at radius 1 is 0.564 bits per heavy atom. The van der Waals surface area contributed by atoms with E-state index in [2.05, 4.69) is 76.6 Å². The highest BCUT2D eigenvalue weighted by Gasteiger charge is 1.89. The second-order valence-electron chi connectivity index (χ2n) is 7.30. The number of hydrogen-bond acceptors (Lipinski definition) is 3. The quantitative estimate of drug-likeness (QED) is 0.0991. The highest BCUT2D eigenvalue weighted by Crippen LogP contribution is 1.85. The number of hydrogen-bond donors (Lipinski definition) is 3. The van der Waals surface area contributed by atoms with Gasteiger partial charge in [-0.2, -0.15) is 5.10 Å². The van der Waals surface area contributed by atoms with Crippen molar-refractivity contribution in [2.45, 2.75) is 170 Å². The minimum absolute atomic E-state index is 0. The Balaban J connectivity index is -0.0000000159. The molecule has 39 heavy (non-hydrogen) atoms. The van der Waals surface area contributed by atoms with Gasteiger partial charge in [0.1, 0.15) is 0 Å². The van der Waals surface area contributed by atoms with E-state index >= 15 is 0 Å². The first-order chi connectivity index (χ1) is 16.9. The average Bonchev–Trinajstić information content (AvgIpc) is 2.88. The highest BCUT2D eigenvalue weighted by atomic mass is 15.3. The molecule has 0 aromatic rings. The van der Waals surface area contributed by atoms with Gasteiger partial charge in [-0.25, -0.2) is 0 Å². The van der Waals surface area contributed by atoms with Crippen LogP contribution in [0.4, 0.5) is 0 Å². The number of nitrogens with zero attached hydrogens (tertiary/aromatic N) is 2. The standard InChI is InChI=1S/C7H15N.2C6H14N2.6C2H6.3B.3H2/c1-6(2)5-8-7(3)4;1-6(2)7-5-8(3)4;1-5(2)7-8-6(3)4;6*1-2;;;;;;/h5,7-8H,1-4H3;5-6H,1-4H3;5,7H,1-4H3;6*1-2H3;;;;3*1H/p+1/i;;;;;;;;;;;;3*1+1. The largest absolute Gasteiger partial charge is 0.389 e. The molecule has 0 spiro atoms. The predicted octanol–water partition coefficient (Wildman–Crippen LogP) is 9.33. The molecule has 0 aliphatic heterocycles. The van der Waals surface area contributed by atoms with Gasteiger partial charge in [-0.05, 0) is 75.4 Å². The van der Waals surface area contributed by atoms with E-state index < -0.39 is 0 Å². The number of allylic oxidation sites excluding steroid dienone is 1. The summed E-state index contributed by atoms with van der Waals surface area (Å²) in [5, 5.41) is 10.3. The van der Waals surface area contributed by atoms with E-state index in [0.717, 1.165) is 5.71 Å². The maximum Gasteiger partial charge on any atom is 0.231 e. The summed E-state index contributed by atoms with van der Waals surface area (Å²) in [6, 6.07) is 1.55. The predicted molar refractivity (Wildman–Crippen MR) is 203 cm³/mol. The molecule has 0 amide bonds. The zero-order valence-corrected chi connectivity index (χ0v) is 32.0. The third kappa shape index (κ3) is 236. The van der Waals surface area contributed by atoms with Crippen LogP contribution in [0.15, 0.2) is 16.9 Å². The summed E-state index contributed by atoms with van der Waals surface area (Å²) in [6.45, 7) is 44.7. The van der Waals surface area contributed by atoms with E-state index in [1.807, 2.05) is 128 Å². The minimum Gasteiger partial charge on any atom is -0.389 e.